The number of likely N-dealkylation sites (tertiary alicyclic amines) is 1. The van der Waals surface area contributed by atoms with Gasteiger partial charge in [0.25, 0.3) is 0 Å². The zero-order valence-electron chi connectivity index (χ0n) is 9.71. The molecule has 0 spiro atoms. The van der Waals surface area contributed by atoms with Crippen molar-refractivity contribution in [1.82, 2.24) is 4.90 Å². The summed E-state index contributed by atoms with van der Waals surface area (Å²) < 4.78 is 0. The molecular formula is C12H25N. The molecule has 1 heterocycles. The van der Waals surface area contributed by atoms with Crippen molar-refractivity contribution >= 4 is 0 Å². The zero-order chi connectivity index (χ0) is 9.84. The highest BCUT2D eigenvalue weighted by Crippen LogP contribution is 2.28. The summed E-state index contributed by atoms with van der Waals surface area (Å²) in [6, 6.07) is 0. The number of rotatable bonds is 3. The van der Waals surface area contributed by atoms with Crippen molar-refractivity contribution in [3.05, 3.63) is 0 Å². The fourth-order valence-electron chi connectivity index (χ4n) is 2.56. The number of piperidine rings is 1. The van der Waals surface area contributed by atoms with Gasteiger partial charge in [0.1, 0.15) is 0 Å². The highest BCUT2D eigenvalue weighted by molar-refractivity contribution is 4.79. The van der Waals surface area contributed by atoms with Crippen molar-refractivity contribution in [2.24, 2.45) is 17.8 Å². The lowest BCUT2D eigenvalue weighted by Crippen LogP contribution is -2.41. The van der Waals surface area contributed by atoms with Gasteiger partial charge in [0.05, 0.1) is 0 Å². The van der Waals surface area contributed by atoms with E-state index in [9.17, 15) is 0 Å². The summed E-state index contributed by atoms with van der Waals surface area (Å²) in [4.78, 5) is 2.64. The molecule has 0 radical (unpaired) electrons. The molecule has 1 fully saturated rings. The molecule has 1 nitrogen and oxygen atoms in total. The van der Waals surface area contributed by atoms with Gasteiger partial charge in [0.15, 0.2) is 0 Å². The van der Waals surface area contributed by atoms with Crippen LogP contribution < -0.4 is 0 Å². The zero-order valence-corrected chi connectivity index (χ0v) is 9.71. The first kappa shape index (κ1) is 11.0. The van der Waals surface area contributed by atoms with E-state index in [-0.39, 0.29) is 0 Å². The topological polar surface area (TPSA) is 3.24 Å². The van der Waals surface area contributed by atoms with E-state index in [1.54, 1.807) is 0 Å². The lowest BCUT2D eigenvalue weighted by molar-refractivity contribution is 0.0981. The Morgan fingerprint density at radius 3 is 2.62 bits per heavy atom. The molecule has 0 N–H and O–H groups in total. The fraction of sp³-hybridized carbons (Fsp3) is 1.00. The molecule has 1 aliphatic heterocycles. The Bertz CT molecular complexity index is 142. The third-order valence-corrected chi connectivity index (χ3v) is 3.50. The second kappa shape index (κ2) is 4.99. The smallest absolute Gasteiger partial charge is 0.00147 e. The van der Waals surface area contributed by atoms with E-state index in [0.717, 1.165) is 17.8 Å². The first-order valence-electron chi connectivity index (χ1n) is 5.87. The number of nitrogens with zero attached hydrogens (tertiary/aromatic N) is 1. The quantitative estimate of drug-likeness (QED) is 0.650. The highest BCUT2D eigenvalue weighted by Gasteiger charge is 2.27. The summed E-state index contributed by atoms with van der Waals surface area (Å²) in [6.45, 7) is 13.4. The molecule has 0 saturated carbocycles. The van der Waals surface area contributed by atoms with Gasteiger partial charge in [0, 0.05) is 6.54 Å². The van der Waals surface area contributed by atoms with E-state index < -0.39 is 0 Å². The van der Waals surface area contributed by atoms with E-state index in [1.165, 1.54) is 32.5 Å². The third-order valence-electron chi connectivity index (χ3n) is 3.50. The van der Waals surface area contributed by atoms with E-state index in [0.29, 0.717) is 0 Å². The first-order chi connectivity index (χ1) is 6.15. The van der Waals surface area contributed by atoms with Gasteiger partial charge in [-0.1, -0.05) is 27.7 Å². The summed E-state index contributed by atoms with van der Waals surface area (Å²) in [6.07, 6.45) is 2.71. The van der Waals surface area contributed by atoms with Crippen molar-refractivity contribution in [1.29, 1.82) is 0 Å². The predicted molar refractivity (Wildman–Crippen MR) is 58.8 cm³/mol. The van der Waals surface area contributed by atoms with Gasteiger partial charge in [-0.3, -0.25) is 0 Å². The predicted octanol–water partition coefficient (Wildman–Crippen LogP) is 3.01. The molecule has 0 amide bonds. The van der Waals surface area contributed by atoms with Crippen molar-refractivity contribution in [3.63, 3.8) is 0 Å². The van der Waals surface area contributed by atoms with Crippen molar-refractivity contribution in [3.8, 4) is 0 Å². The molecule has 78 valence electrons. The van der Waals surface area contributed by atoms with Crippen LogP contribution in [0.4, 0.5) is 0 Å². The van der Waals surface area contributed by atoms with Gasteiger partial charge >= 0.3 is 0 Å². The van der Waals surface area contributed by atoms with Crippen LogP contribution in [0.2, 0.25) is 0 Å². The van der Waals surface area contributed by atoms with E-state index in [1.807, 2.05) is 0 Å². The van der Waals surface area contributed by atoms with Gasteiger partial charge in [-0.25, -0.2) is 0 Å². The van der Waals surface area contributed by atoms with Crippen LogP contribution in [0.3, 0.4) is 0 Å². The molecule has 0 aromatic carbocycles. The van der Waals surface area contributed by atoms with Crippen LogP contribution in [0.1, 0.15) is 40.5 Å². The lowest BCUT2D eigenvalue weighted by atomic mass is 9.79. The molecule has 2 atom stereocenters. The van der Waals surface area contributed by atoms with Crippen LogP contribution in [0.15, 0.2) is 0 Å². The monoisotopic (exact) mass is 183 g/mol. The maximum Gasteiger partial charge on any atom is 0.00147 e. The van der Waals surface area contributed by atoms with Crippen molar-refractivity contribution in [2.45, 2.75) is 40.5 Å². The molecule has 0 unspecified atom stereocenters. The van der Waals surface area contributed by atoms with Gasteiger partial charge in [0.2, 0.25) is 0 Å². The number of hydrogen-bond donors (Lipinski definition) is 0. The van der Waals surface area contributed by atoms with E-state index in [4.69, 9.17) is 0 Å². The molecule has 0 aromatic heterocycles. The highest BCUT2D eigenvalue weighted by atomic mass is 15.1. The van der Waals surface area contributed by atoms with Crippen LogP contribution in [0, 0.1) is 17.8 Å². The lowest BCUT2D eigenvalue weighted by Gasteiger charge is -2.39. The van der Waals surface area contributed by atoms with E-state index >= 15 is 0 Å². The fourth-order valence-corrected chi connectivity index (χ4v) is 2.56. The Balaban J connectivity index is 2.43. The third kappa shape index (κ3) is 2.98. The van der Waals surface area contributed by atoms with Gasteiger partial charge in [-0.15, -0.1) is 0 Å². The van der Waals surface area contributed by atoms with Crippen LogP contribution in [0.25, 0.3) is 0 Å². The average molecular weight is 183 g/mol. The molecule has 1 heteroatoms. The largest absolute Gasteiger partial charge is 0.303 e. The minimum absolute atomic E-state index is 0.856. The van der Waals surface area contributed by atoms with E-state index in [2.05, 4.69) is 32.6 Å². The number of hydrogen-bond acceptors (Lipinski definition) is 1. The second-order valence-electron chi connectivity index (χ2n) is 4.97. The van der Waals surface area contributed by atoms with Crippen LogP contribution in [-0.4, -0.2) is 24.5 Å². The molecular weight excluding hydrogens is 158 g/mol. The Hall–Kier alpha value is -0.0400. The Kier molecular flexibility index (Phi) is 4.24. The maximum atomic E-state index is 2.64. The normalized spacial score (nSPS) is 31.2. The van der Waals surface area contributed by atoms with Gasteiger partial charge < -0.3 is 4.90 Å². The SMILES string of the molecule is CCCN1CC[C@@H](C)[C@H](C(C)C)C1. The Labute approximate surface area is 83.5 Å². The first-order valence-corrected chi connectivity index (χ1v) is 5.87. The second-order valence-corrected chi connectivity index (χ2v) is 4.97. The average Bonchev–Trinajstić information content (AvgIpc) is 2.08. The summed E-state index contributed by atoms with van der Waals surface area (Å²) in [5.41, 5.74) is 0. The van der Waals surface area contributed by atoms with Crippen molar-refractivity contribution in [2.75, 3.05) is 19.6 Å². The van der Waals surface area contributed by atoms with Gasteiger partial charge in [-0.05, 0) is 43.7 Å². The molecule has 0 aromatic rings. The van der Waals surface area contributed by atoms with Crippen LogP contribution in [-0.2, 0) is 0 Å². The molecule has 0 bridgehead atoms. The summed E-state index contributed by atoms with van der Waals surface area (Å²) in [5, 5.41) is 0. The minimum atomic E-state index is 0.856. The molecule has 0 aliphatic carbocycles. The minimum Gasteiger partial charge on any atom is -0.303 e. The van der Waals surface area contributed by atoms with Crippen LogP contribution in [0.5, 0.6) is 0 Å². The van der Waals surface area contributed by atoms with Gasteiger partial charge in [-0.2, -0.15) is 0 Å². The molecule has 13 heavy (non-hydrogen) atoms. The summed E-state index contributed by atoms with van der Waals surface area (Å²) in [5.74, 6) is 2.73. The summed E-state index contributed by atoms with van der Waals surface area (Å²) >= 11 is 0. The Morgan fingerprint density at radius 1 is 1.38 bits per heavy atom. The summed E-state index contributed by atoms with van der Waals surface area (Å²) in [7, 11) is 0. The Morgan fingerprint density at radius 2 is 2.08 bits per heavy atom. The molecule has 1 saturated heterocycles. The standard InChI is InChI=1S/C12H25N/c1-5-7-13-8-6-11(4)12(9-13)10(2)3/h10-12H,5-9H2,1-4H3/t11-,12+/m1/s1. The molecule has 1 aliphatic rings. The van der Waals surface area contributed by atoms with Crippen LogP contribution >= 0.6 is 0 Å². The maximum absolute atomic E-state index is 2.64. The molecule has 1 rings (SSSR count). The van der Waals surface area contributed by atoms with Crippen molar-refractivity contribution < 1.29 is 0 Å².